The van der Waals surface area contributed by atoms with E-state index < -0.39 is 0 Å². The Bertz CT molecular complexity index is 705. The molecule has 0 unspecified atom stereocenters. The van der Waals surface area contributed by atoms with Crippen LogP contribution in [0.15, 0.2) is 30.6 Å². The van der Waals surface area contributed by atoms with E-state index >= 15 is 0 Å². The highest BCUT2D eigenvalue weighted by Crippen LogP contribution is 2.24. The van der Waals surface area contributed by atoms with E-state index in [0.29, 0.717) is 56.5 Å². The molecule has 0 radical (unpaired) electrons. The Morgan fingerprint density at radius 2 is 2.08 bits per heavy atom. The van der Waals surface area contributed by atoms with Gasteiger partial charge < -0.3 is 20.1 Å². The topological polar surface area (TPSA) is 70.5 Å². The van der Waals surface area contributed by atoms with Crippen LogP contribution in [0.5, 0.6) is 5.88 Å². The van der Waals surface area contributed by atoms with E-state index in [9.17, 15) is 9.50 Å². The smallest absolute Gasteiger partial charge is 0.218 e. The van der Waals surface area contributed by atoms with E-state index in [-0.39, 0.29) is 11.9 Å². The number of hydrogen-bond acceptors (Lipinski definition) is 6. The number of nitrogens with zero attached hydrogens (tertiary/aromatic N) is 3. The third-order valence-electron chi connectivity index (χ3n) is 4.23. The zero-order chi connectivity index (χ0) is 17.6. The average Bonchev–Trinajstić information content (AvgIpc) is 2.62. The molecule has 2 N–H and O–H groups in total. The van der Waals surface area contributed by atoms with Crippen LogP contribution < -0.4 is 15.0 Å². The first kappa shape index (κ1) is 17.4. The van der Waals surface area contributed by atoms with Gasteiger partial charge in [0, 0.05) is 25.7 Å². The van der Waals surface area contributed by atoms with E-state index in [1.807, 2.05) is 17.9 Å². The molecule has 1 aliphatic rings. The van der Waals surface area contributed by atoms with Gasteiger partial charge in [0.05, 0.1) is 18.4 Å². The van der Waals surface area contributed by atoms with Gasteiger partial charge in [-0.2, -0.15) is 0 Å². The van der Waals surface area contributed by atoms with Crippen molar-refractivity contribution in [1.82, 2.24) is 9.97 Å². The summed E-state index contributed by atoms with van der Waals surface area (Å²) in [7, 11) is 0. The lowest BCUT2D eigenvalue weighted by Gasteiger charge is -2.31. The molecule has 1 fully saturated rings. The average molecular weight is 346 g/mol. The number of aliphatic hydroxyl groups excluding tert-OH is 1. The van der Waals surface area contributed by atoms with Crippen LogP contribution in [-0.4, -0.2) is 40.9 Å². The Morgan fingerprint density at radius 1 is 1.28 bits per heavy atom. The van der Waals surface area contributed by atoms with Gasteiger partial charge in [0.15, 0.2) is 0 Å². The van der Waals surface area contributed by atoms with Crippen LogP contribution in [0.25, 0.3) is 0 Å². The van der Waals surface area contributed by atoms with Gasteiger partial charge in [-0.05, 0) is 37.5 Å². The number of rotatable bonds is 6. The van der Waals surface area contributed by atoms with Gasteiger partial charge >= 0.3 is 0 Å². The summed E-state index contributed by atoms with van der Waals surface area (Å²) < 4.78 is 19.8. The van der Waals surface area contributed by atoms with Crippen molar-refractivity contribution < 1.29 is 14.2 Å². The van der Waals surface area contributed by atoms with Crippen LogP contribution in [0.1, 0.15) is 25.3 Å². The second-order valence-corrected chi connectivity index (χ2v) is 6.03. The zero-order valence-electron chi connectivity index (χ0n) is 14.3. The predicted molar refractivity (Wildman–Crippen MR) is 94.4 cm³/mol. The molecule has 25 heavy (non-hydrogen) atoms. The van der Waals surface area contributed by atoms with E-state index in [1.165, 1.54) is 12.4 Å². The number of ether oxygens (including phenoxy) is 1. The molecule has 0 spiro atoms. The molecule has 7 heteroatoms. The van der Waals surface area contributed by atoms with Gasteiger partial charge in [0.25, 0.3) is 0 Å². The summed E-state index contributed by atoms with van der Waals surface area (Å²) in [5, 5.41) is 12.7. The number of piperidine rings is 1. The highest BCUT2D eigenvalue weighted by Gasteiger charge is 2.19. The Hall–Kier alpha value is -2.41. The number of halogens is 1. The van der Waals surface area contributed by atoms with Crippen molar-refractivity contribution in [2.75, 3.05) is 29.9 Å². The summed E-state index contributed by atoms with van der Waals surface area (Å²) in [5.41, 5.74) is 1.42. The maximum absolute atomic E-state index is 14.4. The van der Waals surface area contributed by atoms with Crippen molar-refractivity contribution in [3.63, 3.8) is 0 Å². The van der Waals surface area contributed by atoms with Crippen molar-refractivity contribution in [1.29, 1.82) is 0 Å². The van der Waals surface area contributed by atoms with E-state index in [0.717, 1.165) is 5.56 Å². The maximum atomic E-state index is 14.4. The van der Waals surface area contributed by atoms with Crippen LogP contribution in [0.2, 0.25) is 0 Å². The summed E-state index contributed by atoms with van der Waals surface area (Å²) in [6.07, 6.45) is 2.52. The van der Waals surface area contributed by atoms with Gasteiger partial charge in [0.2, 0.25) is 5.88 Å². The molecule has 0 bridgehead atoms. The van der Waals surface area contributed by atoms with Crippen molar-refractivity contribution >= 4 is 11.5 Å². The minimum Gasteiger partial charge on any atom is -0.478 e. The minimum atomic E-state index is -0.266. The Balaban J connectivity index is 1.62. The molecule has 0 atom stereocenters. The molecule has 2 heterocycles. The first-order valence-corrected chi connectivity index (χ1v) is 8.56. The monoisotopic (exact) mass is 346 g/mol. The molecule has 0 aliphatic carbocycles. The van der Waals surface area contributed by atoms with Gasteiger partial charge in [-0.25, -0.2) is 14.4 Å². The molecular weight excluding hydrogens is 323 g/mol. The SMILES string of the molecule is CCOc1cc(NCc2ccc(N3CCC(O)CC3)c(F)c2)ncn1. The Morgan fingerprint density at radius 3 is 2.80 bits per heavy atom. The third-order valence-corrected chi connectivity index (χ3v) is 4.23. The molecule has 134 valence electrons. The fourth-order valence-electron chi connectivity index (χ4n) is 2.88. The molecule has 6 nitrogen and oxygen atoms in total. The normalized spacial score (nSPS) is 15.2. The first-order chi connectivity index (χ1) is 12.2. The number of hydrogen-bond donors (Lipinski definition) is 2. The number of nitrogens with one attached hydrogen (secondary N) is 1. The number of aromatic nitrogens is 2. The summed E-state index contributed by atoms with van der Waals surface area (Å²) in [5.74, 6) is 0.898. The second kappa shape index (κ2) is 8.11. The number of benzene rings is 1. The van der Waals surface area contributed by atoms with Crippen LogP contribution >= 0.6 is 0 Å². The summed E-state index contributed by atoms with van der Waals surface area (Å²) >= 11 is 0. The molecule has 2 aromatic rings. The van der Waals surface area contributed by atoms with Crippen molar-refractivity contribution in [2.24, 2.45) is 0 Å². The van der Waals surface area contributed by atoms with Crippen molar-refractivity contribution in [3.8, 4) is 5.88 Å². The van der Waals surface area contributed by atoms with Gasteiger partial charge in [-0.1, -0.05) is 6.07 Å². The molecule has 1 aliphatic heterocycles. The quantitative estimate of drug-likeness (QED) is 0.838. The summed E-state index contributed by atoms with van der Waals surface area (Å²) in [4.78, 5) is 10.1. The predicted octanol–water partition coefficient (Wildman–Crippen LogP) is 2.59. The maximum Gasteiger partial charge on any atom is 0.218 e. The van der Waals surface area contributed by atoms with Gasteiger partial charge in [-0.3, -0.25) is 0 Å². The van der Waals surface area contributed by atoms with Crippen molar-refractivity contribution in [2.45, 2.75) is 32.4 Å². The van der Waals surface area contributed by atoms with Crippen LogP contribution in [0, 0.1) is 5.82 Å². The number of aliphatic hydroxyl groups is 1. The standard InChI is InChI=1S/C18H23FN4O2/c1-2-25-18-10-17(21-12-22-18)20-11-13-3-4-16(15(19)9-13)23-7-5-14(24)6-8-23/h3-4,9-10,12,14,24H,2,5-8,11H2,1H3,(H,20,21,22). The lowest BCUT2D eigenvalue weighted by molar-refractivity contribution is 0.145. The summed E-state index contributed by atoms with van der Waals surface area (Å²) in [6.45, 7) is 4.24. The van der Waals surface area contributed by atoms with Crippen molar-refractivity contribution in [3.05, 3.63) is 42.0 Å². The molecule has 0 saturated carbocycles. The van der Waals surface area contributed by atoms with Crippen LogP contribution in [-0.2, 0) is 6.54 Å². The minimum absolute atomic E-state index is 0.242. The molecule has 1 aromatic carbocycles. The molecular formula is C18H23FN4O2. The van der Waals surface area contributed by atoms with E-state index in [4.69, 9.17) is 4.74 Å². The highest BCUT2D eigenvalue weighted by atomic mass is 19.1. The zero-order valence-corrected chi connectivity index (χ0v) is 14.3. The lowest BCUT2D eigenvalue weighted by Crippen LogP contribution is -2.36. The fourth-order valence-corrected chi connectivity index (χ4v) is 2.88. The Kier molecular flexibility index (Phi) is 5.65. The van der Waals surface area contributed by atoms with E-state index in [1.54, 1.807) is 12.1 Å². The van der Waals surface area contributed by atoms with Gasteiger partial charge in [-0.15, -0.1) is 0 Å². The number of anilines is 2. The first-order valence-electron chi connectivity index (χ1n) is 8.56. The highest BCUT2D eigenvalue weighted by molar-refractivity contribution is 5.50. The second-order valence-electron chi connectivity index (χ2n) is 6.03. The lowest BCUT2D eigenvalue weighted by atomic mass is 10.1. The molecule has 1 aromatic heterocycles. The molecule has 0 amide bonds. The molecule has 3 rings (SSSR count). The van der Waals surface area contributed by atoms with Gasteiger partial charge in [0.1, 0.15) is 18.0 Å². The fraction of sp³-hybridized carbons (Fsp3) is 0.444. The Labute approximate surface area is 146 Å². The van der Waals surface area contributed by atoms with Crippen LogP contribution in [0.4, 0.5) is 15.9 Å². The van der Waals surface area contributed by atoms with E-state index in [2.05, 4.69) is 15.3 Å². The largest absolute Gasteiger partial charge is 0.478 e. The third kappa shape index (κ3) is 4.57. The van der Waals surface area contributed by atoms with Crippen LogP contribution in [0.3, 0.4) is 0 Å². The molecule has 1 saturated heterocycles. The summed E-state index contributed by atoms with van der Waals surface area (Å²) in [6, 6.07) is 6.96.